The molecule has 1 atom stereocenters. The predicted octanol–water partition coefficient (Wildman–Crippen LogP) is 2.89. The molecule has 1 aliphatic heterocycles. The molecule has 0 aromatic heterocycles. The summed E-state index contributed by atoms with van der Waals surface area (Å²) in [6, 6.07) is 6.23. The van der Waals surface area contributed by atoms with Crippen LogP contribution in [0.4, 0.5) is 5.69 Å². The summed E-state index contributed by atoms with van der Waals surface area (Å²) >= 11 is 6.39. The zero-order valence-electron chi connectivity index (χ0n) is 11.9. The zero-order valence-corrected chi connectivity index (χ0v) is 12.7. The molecule has 19 heavy (non-hydrogen) atoms. The summed E-state index contributed by atoms with van der Waals surface area (Å²) < 4.78 is 0. The SMILES string of the molecule is CCCN1CCN(c2ccc([C@@H](C)N)cc2Cl)CC1. The van der Waals surface area contributed by atoms with Crippen molar-refractivity contribution in [1.29, 1.82) is 0 Å². The van der Waals surface area contributed by atoms with E-state index in [0.717, 1.165) is 42.5 Å². The number of rotatable bonds is 4. The second-order valence-electron chi connectivity index (χ2n) is 5.33. The average molecular weight is 282 g/mol. The maximum Gasteiger partial charge on any atom is 0.0642 e. The maximum atomic E-state index is 6.39. The Bertz CT molecular complexity index is 412. The van der Waals surface area contributed by atoms with Crippen LogP contribution >= 0.6 is 11.6 Å². The molecule has 0 bridgehead atoms. The highest BCUT2D eigenvalue weighted by molar-refractivity contribution is 6.33. The van der Waals surface area contributed by atoms with Crippen LogP contribution in [-0.4, -0.2) is 37.6 Å². The van der Waals surface area contributed by atoms with Crippen molar-refractivity contribution in [3.63, 3.8) is 0 Å². The zero-order chi connectivity index (χ0) is 13.8. The summed E-state index contributed by atoms with van der Waals surface area (Å²) in [4.78, 5) is 4.89. The van der Waals surface area contributed by atoms with E-state index in [2.05, 4.69) is 28.9 Å². The average Bonchev–Trinajstić information content (AvgIpc) is 2.40. The fourth-order valence-corrected chi connectivity index (χ4v) is 2.90. The standard InChI is InChI=1S/C15H24ClN3/c1-3-6-18-7-9-19(10-8-18)15-5-4-13(12(2)17)11-14(15)16/h4-5,11-12H,3,6-10,17H2,1-2H3/t12-/m1/s1. The van der Waals surface area contributed by atoms with Gasteiger partial charge in [0.2, 0.25) is 0 Å². The van der Waals surface area contributed by atoms with Crippen molar-refractivity contribution in [2.75, 3.05) is 37.6 Å². The smallest absolute Gasteiger partial charge is 0.0642 e. The van der Waals surface area contributed by atoms with Crippen molar-refractivity contribution in [2.24, 2.45) is 5.73 Å². The molecule has 1 aromatic carbocycles. The topological polar surface area (TPSA) is 32.5 Å². The first-order chi connectivity index (χ1) is 9.11. The van der Waals surface area contributed by atoms with Crippen molar-refractivity contribution in [1.82, 2.24) is 4.90 Å². The number of piperazine rings is 1. The largest absolute Gasteiger partial charge is 0.368 e. The van der Waals surface area contributed by atoms with E-state index >= 15 is 0 Å². The van der Waals surface area contributed by atoms with Gasteiger partial charge in [0.05, 0.1) is 10.7 Å². The van der Waals surface area contributed by atoms with E-state index in [1.54, 1.807) is 0 Å². The summed E-state index contributed by atoms with van der Waals surface area (Å²) in [7, 11) is 0. The number of anilines is 1. The van der Waals surface area contributed by atoms with Crippen LogP contribution in [0.25, 0.3) is 0 Å². The van der Waals surface area contributed by atoms with Gasteiger partial charge in [0, 0.05) is 32.2 Å². The van der Waals surface area contributed by atoms with Gasteiger partial charge in [-0.05, 0) is 37.6 Å². The van der Waals surface area contributed by atoms with Crippen molar-refractivity contribution >= 4 is 17.3 Å². The van der Waals surface area contributed by atoms with Gasteiger partial charge < -0.3 is 10.6 Å². The molecule has 1 aromatic rings. The summed E-state index contributed by atoms with van der Waals surface area (Å²) in [5.41, 5.74) is 8.12. The van der Waals surface area contributed by atoms with Crippen LogP contribution in [0.5, 0.6) is 0 Å². The first-order valence-electron chi connectivity index (χ1n) is 7.14. The molecule has 1 aliphatic rings. The number of hydrogen-bond donors (Lipinski definition) is 1. The van der Waals surface area contributed by atoms with Gasteiger partial charge in [-0.2, -0.15) is 0 Å². The molecular weight excluding hydrogens is 258 g/mol. The molecule has 1 saturated heterocycles. The molecule has 4 heteroatoms. The molecule has 0 amide bonds. The number of benzene rings is 1. The lowest BCUT2D eigenvalue weighted by Crippen LogP contribution is -2.46. The van der Waals surface area contributed by atoms with E-state index in [4.69, 9.17) is 17.3 Å². The van der Waals surface area contributed by atoms with Crippen LogP contribution in [0, 0.1) is 0 Å². The van der Waals surface area contributed by atoms with Crippen LogP contribution in [0.15, 0.2) is 18.2 Å². The highest BCUT2D eigenvalue weighted by atomic mass is 35.5. The Balaban J connectivity index is 2.03. The Morgan fingerprint density at radius 3 is 2.47 bits per heavy atom. The lowest BCUT2D eigenvalue weighted by Gasteiger charge is -2.36. The van der Waals surface area contributed by atoms with Gasteiger partial charge in [0.25, 0.3) is 0 Å². The minimum Gasteiger partial charge on any atom is -0.368 e. The van der Waals surface area contributed by atoms with Gasteiger partial charge in [-0.1, -0.05) is 24.6 Å². The van der Waals surface area contributed by atoms with E-state index in [-0.39, 0.29) is 6.04 Å². The molecule has 0 unspecified atom stereocenters. The van der Waals surface area contributed by atoms with E-state index in [9.17, 15) is 0 Å². The van der Waals surface area contributed by atoms with E-state index in [0.29, 0.717) is 0 Å². The number of halogens is 1. The van der Waals surface area contributed by atoms with Crippen LogP contribution in [0.3, 0.4) is 0 Å². The summed E-state index contributed by atoms with van der Waals surface area (Å²) in [6.45, 7) is 9.77. The second kappa shape index (κ2) is 6.60. The molecule has 2 N–H and O–H groups in total. The van der Waals surface area contributed by atoms with Crippen molar-refractivity contribution in [3.05, 3.63) is 28.8 Å². The molecule has 106 valence electrons. The van der Waals surface area contributed by atoms with Gasteiger partial charge in [-0.25, -0.2) is 0 Å². The molecule has 0 saturated carbocycles. The third-order valence-corrected chi connectivity index (χ3v) is 4.05. The van der Waals surface area contributed by atoms with E-state index < -0.39 is 0 Å². The first kappa shape index (κ1) is 14.6. The molecule has 0 radical (unpaired) electrons. The molecule has 1 fully saturated rings. The van der Waals surface area contributed by atoms with Crippen LogP contribution in [-0.2, 0) is 0 Å². The first-order valence-corrected chi connectivity index (χ1v) is 7.52. The molecule has 2 rings (SSSR count). The molecule has 3 nitrogen and oxygen atoms in total. The van der Waals surface area contributed by atoms with Gasteiger partial charge in [-0.3, -0.25) is 4.90 Å². The lowest BCUT2D eigenvalue weighted by molar-refractivity contribution is 0.258. The fraction of sp³-hybridized carbons (Fsp3) is 0.600. The summed E-state index contributed by atoms with van der Waals surface area (Å²) in [5.74, 6) is 0. The van der Waals surface area contributed by atoms with Gasteiger partial charge >= 0.3 is 0 Å². The van der Waals surface area contributed by atoms with E-state index in [1.165, 1.54) is 13.0 Å². The number of nitrogens with zero attached hydrogens (tertiary/aromatic N) is 2. The third kappa shape index (κ3) is 3.62. The minimum absolute atomic E-state index is 0.0351. The van der Waals surface area contributed by atoms with Gasteiger partial charge in [0.1, 0.15) is 0 Å². The Morgan fingerprint density at radius 1 is 1.26 bits per heavy atom. The van der Waals surface area contributed by atoms with Crippen LogP contribution in [0.1, 0.15) is 31.9 Å². The number of hydrogen-bond acceptors (Lipinski definition) is 3. The Kier molecular flexibility index (Phi) is 5.08. The third-order valence-electron chi connectivity index (χ3n) is 3.75. The normalized spacial score (nSPS) is 18.6. The monoisotopic (exact) mass is 281 g/mol. The Hall–Kier alpha value is -0.770. The number of nitrogens with two attached hydrogens (primary N) is 1. The Morgan fingerprint density at radius 2 is 1.95 bits per heavy atom. The molecule has 1 heterocycles. The van der Waals surface area contributed by atoms with E-state index in [1.807, 2.05) is 13.0 Å². The minimum atomic E-state index is 0.0351. The molecule has 0 aliphatic carbocycles. The highest BCUT2D eigenvalue weighted by Gasteiger charge is 2.18. The van der Waals surface area contributed by atoms with Gasteiger partial charge in [-0.15, -0.1) is 0 Å². The highest BCUT2D eigenvalue weighted by Crippen LogP contribution is 2.29. The fourth-order valence-electron chi connectivity index (χ4n) is 2.59. The van der Waals surface area contributed by atoms with Crippen molar-refractivity contribution in [2.45, 2.75) is 26.3 Å². The van der Waals surface area contributed by atoms with Crippen molar-refractivity contribution in [3.8, 4) is 0 Å². The lowest BCUT2D eigenvalue weighted by atomic mass is 10.1. The van der Waals surface area contributed by atoms with Crippen molar-refractivity contribution < 1.29 is 0 Å². The van der Waals surface area contributed by atoms with Crippen LogP contribution < -0.4 is 10.6 Å². The second-order valence-corrected chi connectivity index (χ2v) is 5.74. The summed E-state index contributed by atoms with van der Waals surface area (Å²) in [5, 5.41) is 0.818. The summed E-state index contributed by atoms with van der Waals surface area (Å²) in [6.07, 6.45) is 1.23. The van der Waals surface area contributed by atoms with Gasteiger partial charge in [0.15, 0.2) is 0 Å². The maximum absolute atomic E-state index is 6.39. The molecule has 0 spiro atoms. The molecular formula is C15H24ClN3. The predicted molar refractivity (Wildman–Crippen MR) is 83.0 cm³/mol. The Labute approximate surface area is 121 Å². The quantitative estimate of drug-likeness (QED) is 0.921. The van der Waals surface area contributed by atoms with Crippen LogP contribution in [0.2, 0.25) is 5.02 Å².